The number of urea groups is 1. The van der Waals surface area contributed by atoms with E-state index in [4.69, 9.17) is 5.11 Å². The van der Waals surface area contributed by atoms with Gasteiger partial charge in [-0.3, -0.25) is 24.9 Å². The topological polar surface area (TPSA) is 187 Å². The molecule has 0 aliphatic rings. The van der Waals surface area contributed by atoms with Gasteiger partial charge in [-0.1, -0.05) is 0 Å². The summed E-state index contributed by atoms with van der Waals surface area (Å²) < 4.78 is 0. The number of nitrogens with one attached hydrogen (secondary N) is 4. The van der Waals surface area contributed by atoms with Gasteiger partial charge in [0.2, 0.25) is 0 Å². The number of aromatic nitrogens is 2. The van der Waals surface area contributed by atoms with Crippen molar-refractivity contribution in [1.82, 2.24) is 9.97 Å². The summed E-state index contributed by atoms with van der Waals surface area (Å²) in [7, 11) is 0. The van der Waals surface area contributed by atoms with Gasteiger partial charge in [0.05, 0.1) is 4.92 Å². The third kappa shape index (κ3) is 3.62. The van der Waals surface area contributed by atoms with E-state index in [0.717, 1.165) is 12.1 Å². The van der Waals surface area contributed by atoms with E-state index in [1.165, 1.54) is 12.1 Å². The summed E-state index contributed by atoms with van der Waals surface area (Å²) in [6, 6.07) is 3.79. The molecule has 0 radical (unpaired) electrons. The molecule has 0 fully saturated rings. The highest BCUT2D eigenvalue weighted by Crippen LogP contribution is 2.15. The Morgan fingerprint density at radius 1 is 1.08 bits per heavy atom. The predicted octanol–water partition coefficient (Wildman–Crippen LogP) is 0.314. The lowest BCUT2D eigenvalue weighted by Crippen LogP contribution is -2.32. The van der Waals surface area contributed by atoms with E-state index in [9.17, 15) is 29.3 Å². The normalized spacial score (nSPS) is 10.0. The summed E-state index contributed by atoms with van der Waals surface area (Å²) in [5.41, 5.74) is -3.63. The van der Waals surface area contributed by atoms with Gasteiger partial charge in [-0.25, -0.2) is 14.4 Å². The van der Waals surface area contributed by atoms with Crippen molar-refractivity contribution in [2.45, 2.75) is 0 Å². The fraction of sp³-hybridized carbons (Fsp3) is 0. The standard InChI is InChI=1S/C12H9N5O7/c18-9-7(8(10(19)20)15-12(22)16-9)14-11(21)13-5-1-3-6(4-2-5)17(23)24/h1-4H,(H,19,20)(H2,13,14,21)(H2,15,16,18,22). The SMILES string of the molecule is O=C(Nc1ccc([N+](=O)[O-])cc1)Nc1c(C(=O)O)[nH]c(=O)[nH]c1=O. The average molecular weight is 335 g/mol. The minimum atomic E-state index is -1.62. The first-order valence-electron chi connectivity index (χ1n) is 6.20. The molecule has 24 heavy (non-hydrogen) atoms. The lowest BCUT2D eigenvalue weighted by molar-refractivity contribution is -0.384. The van der Waals surface area contributed by atoms with E-state index >= 15 is 0 Å². The number of anilines is 2. The van der Waals surface area contributed by atoms with Crippen LogP contribution in [0, 0.1) is 10.1 Å². The smallest absolute Gasteiger partial charge is 0.354 e. The van der Waals surface area contributed by atoms with Gasteiger partial charge in [-0.2, -0.15) is 0 Å². The van der Waals surface area contributed by atoms with Gasteiger partial charge >= 0.3 is 17.7 Å². The molecular weight excluding hydrogens is 326 g/mol. The first-order valence-corrected chi connectivity index (χ1v) is 6.20. The Morgan fingerprint density at radius 2 is 1.71 bits per heavy atom. The highest BCUT2D eigenvalue weighted by molar-refractivity contribution is 6.03. The van der Waals surface area contributed by atoms with Gasteiger partial charge in [-0.15, -0.1) is 0 Å². The number of benzene rings is 1. The van der Waals surface area contributed by atoms with Crippen LogP contribution in [-0.4, -0.2) is 32.0 Å². The molecule has 12 heteroatoms. The molecule has 0 aliphatic heterocycles. The number of non-ortho nitro benzene ring substituents is 1. The minimum absolute atomic E-state index is 0.163. The Balaban J connectivity index is 2.21. The molecule has 0 aliphatic carbocycles. The lowest BCUT2D eigenvalue weighted by Gasteiger charge is -2.08. The van der Waals surface area contributed by atoms with Crippen molar-refractivity contribution < 1.29 is 19.6 Å². The molecule has 5 N–H and O–H groups in total. The van der Waals surface area contributed by atoms with E-state index in [2.05, 4.69) is 5.32 Å². The highest BCUT2D eigenvalue weighted by Gasteiger charge is 2.18. The van der Waals surface area contributed by atoms with Gasteiger partial charge in [0, 0.05) is 17.8 Å². The zero-order chi connectivity index (χ0) is 17.9. The first-order chi connectivity index (χ1) is 11.3. The lowest BCUT2D eigenvalue weighted by atomic mass is 10.3. The molecule has 2 rings (SSSR count). The van der Waals surface area contributed by atoms with Crippen molar-refractivity contribution in [3.63, 3.8) is 0 Å². The summed E-state index contributed by atoms with van der Waals surface area (Å²) in [6.45, 7) is 0. The van der Waals surface area contributed by atoms with Crippen LogP contribution in [0.5, 0.6) is 0 Å². The van der Waals surface area contributed by atoms with Crippen LogP contribution in [0.4, 0.5) is 21.9 Å². The maximum atomic E-state index is 11.8. The summed E-state index contributed by atoms with van der Waals surface area (Å²) >= 11 is 0. The monoisotopic (exact) mass is 335 g/mol. The summed E-state index contributed by atoms with van der Waals surface area (Å²) in [4.78, 5) is 59.1. The number of nitro benzene ring substituents is 1. The van der Waals surface area contributed by atoms with Crippen LogP contribution in [0.2, 0.25) is 0 Å². The Morgan fingerprint density at radius 3 is 2.25 bits per heavy atom. The Bertz CT molecular complexity index is 928. The zero-order valence-electron chi connectivity index (χ0n) is 11.7. The van der Waals surface area contributed by atoms with Gasteiger partial charge in [0.25, 0.3) is 11.2 Å². The van der Waals surface area contributed by atoms with Crippen LogP contribution < -0.4 is 21.9 Å². The second-order valence-corrected chi connectivity index (χ2v) is 4.35. The van der Waals surface area contributed by atoms with Crippen molar-refractivity contribution in [1.29, 1.82) is 0 Å². The number of H-pyrrole nitrogens is 2. The van der Waals surface area contributed by atoms with Gasteiger partial charge in [-0.05, 0) is 12.1 Å². The number of nitrogens with zero attached hydrogens (tertiary/aromatic N) is 1. The molecule has 0 unspecified atom stereocenters. The number of aromatic carboxylic acids is 1. The molecule has 1 aromatic carbocycles. The second kappa shape index (κ2) is 6.43. The third-order valence-electron chi connectivity index (χ3n) is 2.73. The molecule has 0 saturated heterocycles. The largest absolute Gasteiger partial charge is 0.477 e. The Kier molecular flexibility index (Phi) is 4.40. The quantitative estimate of drug-likeness (QED) is 0.392. The number of hydrogen-bond donors (Lipinski definition) is 5. The number of amides is 2. The average Bonchev–Trinajstić information content (AvgIpc) is 2.50. The van der Waals surface area contributed by atoms with Gasteiger partial charge < -0.3 is 15.7 Å². The Hall–Kier alpha value is -3.96. The number of carbonyl (C=O) groups excluding carboxylic acids is 1. The third-order valence-corrected chi connectivity index (χ3v) is 2.73. The van der Waals surface area contributed by atoms with Crippen LogP contribution in [0.1, 0.15) is 10.5 Å². The highest BCUT2D eigenvalue weighted by atomic mass is 16.6. The zero-order valence-corrected chi connectivity index (χ0v) is 11.7. The van der Waals surface area contributed by atoms with Crippen LogP contribution in [0.15, 0.2) is 33.9 Å². The van der Waals surface area contributed by atoms with E-state index in [1.807, 2.05) is 10.3 Å². The number of aromatic amines is 2. The number of nitro groups is 1. The van der Waals surface area contributed by atoms with E-state index in [1.54, 1.807) is 4.98 Å². The summed E-state index contributed by atoms with van der Waals surface area (Å²) in [6.07, 6.45) is 0. The fourth-order valence-electron chi connectivity index (χ4n) is 1.71. The van der Waals surface area contributed by atoms with Crippen LogP contribution in [-0.2, 0) is 0 Å². The van der Waals surface area contributed by atoms with E-state index in [-0.39, 0.29) is 11.4 Å². The summed E-state index contributed by atoms with van der Waals surface area (Å²) in [5, 5.41) is 23.7. The van der Waals surface area contributed by atoms with Crippen molar-refractivity contribution >= 4 is 29.1 Å². The Labute approximate surface area is 131 Å². The maximum absolute atomic E-state index is 11.8. The number of hydrogen-bond acceptors (Lipinski definition) is 6. The van der Waals surface area contributed by atoms with Crippen LogP contribution >= 0.6 is 0 Å². The van der Waals surface area contributed by atoms with E-state index in [0.29, 0.717) is 0 Å². The van der Waals surface area contributed by atoms with Crippen molar-refractivity contribution in [2.24, 2.45) is 0 Å². The molecule has 1 heterocycles. The molecule has 0 saturated carbocycles. The molecule has 1 aromatic heterocycles. The molecule has 2 amide bonds. The molecule has 2 aromatic rings. The van der Waals surface area contributed by atoms with Crippen molar-refractivity contribution in [3.8, 4) is 0 Å². The second-order valence-electron chi connectivity index (χ2n) is 4.35. The van der Waals surface area contributed by atoms with Gasteiger partial charge in [0.15, 0.2) is 5.69 Å². The van der Waals surface area contributed by atoms with Crippen molar-refractivity contribution in [3.05, 3.63) is 60.9 Å². The number of rotatable bonds is 4. The van der Waals surface area contributed by atoms with Gasteiger partial charge in [0.1, 0.15) is 5.69 Å². The number of carboxylic acid groups (broad SMARTS) is 1. The van der Waals surface area contributed by atoms with E-state index < -0.39 is 39.6 Å². The van der Waals surface area contributed by atoms with Crippen molar-refractivity contribution in [2.75, 3.05) is 10.6 Å². The number of carbonyl (C=O) groups is 2. The molecule has 0 bridgehead atoms. The predicted molar refractivity (Wildman–Crippen MR) is 80.4 cm³/mol. The molecule has 12 nitrogen and oxygen atoms in total. The van der Waals surface area contributed by atoms with Crippen LogP contribution in [0.3, 0.4) is 0 Å². The van der Waals surface area contributed by atoms with Crippen LogP contribution in [0.25, 0.3) is 0 Å². The molecule has 124 valence electrons. The molecule has 0 spiro atoms. The minimum Gasteiger partial charge on any atom is -0.477 e. The molecular formula is C12H9N5O7. The first kappa shape index (κ1) is 16.4. The summed E-state index contributed by atoms with van der Waals surface area (Å²) in [5.74, 6) is -1.62. The number of carboxylic acids is 1. The maximum Gasteiger partial charge on any atom is 0.354 e. The fourth-order valence-corrected chi connectivity index (χ4v) is 1.71. The molecule has 0 atom stereocenters.